The molecule has 0 aromatic heterocycles. The van der Waals surface area contributed by atoms with E-state index in [0.717, 1.165) is 31.6 Å². The molecule has 2 aliphatic rings. The highest BCUT2D eigenvalue weighted by Gasteiger charge is 2.39. The van der Waals surface area contributed by atoms with Crippen molar-refractivity contribution in [3.63, 3.8) is 0 Å². The van der Waals surface area contributed by atoms with Crippen molar-refractivity contribution < 1.29 is 9.84 Å². The second-order valence-corrected chi connectivity index (χ2v) is 6.99. The van der Waals surface area contributed by atoms with Crippen LogP contribution in [-0.4, -0.2) is 28.3 Å². The highest BCUT2D eigenvalue weighted by molar-refractivity contribution is 8.00. The first-order valence-electron chi connectivity index (χ1n) is 6.70. The Morgan fingerprint density at radius 1 is 1.44 bits per heavy atom. The number of hydrogen-bond acceptors (Lipinski definition) is 3. The molecule has 98 valence electrons. The summed E-state index contributed by atoms with van der Waals surface area (Å²) >= 11 is 1.87. The summed E-state index contributed by atoms with van der Waals surface area (Å²) in [5.41, 5.74) is 2.12. The second kappa shape index (κ2) is 4.87. The summed E-state index contributed by atoms with van der Waals surface area (Å²) < 4.78 is 5.90. The van der Waals surface area contributed by atoms with E-state index in [1.807, 2.05) is 11.8 Å². The molecule has 3 unspecified atom stereocenters. The van der Waals surface area contributed by atoms with Crippen LogP contribution in [0.3, 0.4) is 0 Å². The Labute approximate surface area is 113 Å². The Morgan fingerprint density at radius 3 is 3.06 bits per heavy atom. The number of rotatable bonds is 2. The first-order chi connectivity index (χ1) is 8.66. The topological polar surface area (TPSA) is 29.5 Å². The van der Waals surface area contributed by atoms with Crippen molar-refractivity contribution in [2.75, 3.05) is 12.4 Å². The normalized spacial score (nSPS) is 35.4. The van der Waals surface area contributed by atoms with E-state index in [1.165, 1.54) is 11.1 Å². The molecule has 0 amide bonds. The van der Waals surface area contributed by atoms with Gasteiger partial charge in [0.25, 0.3) is 0 Å². The van der Waals surface area contributed by atoms with Crippen molar-refractivity contribution in [1.82, 2.24) is 0 Å². The summed E-state index contributed by atoms with van der Waals surface area (Å²) in [4.78, 5) is 0. The molecular formula is C15H20O2S. The van der Waals surface area contributed by atoms with Gasteiger partial charge in [0.1, 0.15) is 0 Å². The van der Waals surface area contributed by atoms with Gasteiger partial charge in [-0.15, -0.1) is 0 Å². The third-order valence-electron chi connectivity index (χ3n) is 3.96. The molecule has 1 N–H and O–H groups in total. The number of aliphatic hydroxyl groups is 1. The molecule has 0 spiro atoms. The van der Waals surface area contributed by atoms with Crippen LogP contribution in [0.15, 0.2) is 24.3 Å². The van der Waals surface area contributed by atoms with Gasteiger partial charge in [0.2, 0.25) is 0 Å². The first kappa shape index (κ1) is 12.5. The Balaban J connectivity index is 1.78. The maximum absolute atomic E-state index is 10.6. The van der Waals surface area contributed by atoms with Gasteiger partial charge >= 0.3 is 0 Å². The van der Waals surface area contributed by atoms with Crippen LogP contribution in [0.1, 0.15) is 37.0 Å². The third kappa shape index (κ3) is 2.44. The van der Waals surface area contributed by atoms with Gasteiger partial charge in [-0.3, -0.25) is 0 Å². The largest absolute Gasteiger partial charge is 0.389 e. The van der Waals surface area contributed by atoms with Crippen LogP contribution >= 0.6 is 11.8 Å². The number of benzene rings is 1. The molecule has 1 aromatic rings. The lowest BCUT2D eigenvalue weighted by Gasteiger charge is -2.32. The highest BCUT2D eigenvalue weighted by Crippen LogP contribution is 2.42. The minimum atomic E-state index is -0.542. The van der Waals surface area contributed by atoms with Crippen molar-refractivity contribution in [2.45, 2.75) is 43.1 Å². The number of hydrogen-bond donors (Lipinski definition) is 1. The van der Waals surface area contributed by atoms with Crippen molar-refractivity contribution in [3.05, 3.63) is 35.4 Å². The van der Waals surface area contributed by atoms with E-state index >= 15 is 0 Å². The second-order valence-electron chi connectivity index (χ2n) is 5.56. The smallest absolute Gasteiger partial charge is 0.0855 e. The third-order valence-corrected chi connectivity index (χ3v) is 5.40. The molecule has 2 aliphatic heterocycles. The van der Waals surface area contributed by atoms with Crippen LogP contribution in [0.4, 0.5) is 0 Å². The Morgan fingerprint density at radius 2 is 2.28 bits per heavy atom. The van der Waals surface area contributed by atoms with Crippen LogP contribution in [-0.2, 0) is 11.2 Å². The van der Waals surface area contributed by atoms with E-state index in [2.05, 4.69) is 31.2 Å². The maximum Gasteiger partial charge on any atom is 0.0855 e. The lowest BCUT2D eigenvalue weighted by molar-refractivity contribution is -0.0345. The van der Waals surface area contributed by atoms with E-state index in [-0.39, 0.29) is 6.10 Å². The molecule has 1 aromatic carbocycles. The van der Waals surface area contributed by atoms with Crippen molar-refractivity contribution in [3.8, 4) is 0 Å². The summed E-state index contributed by atoms with van der Waals surface area (Å²) in [7, 11) is 0. The first-order valence-corrected chi connectivity index (χ1v) is 7.75. The molecule has 2 nitrogen and oxygen atoms in total. The lowest BCUT2D eigenvalue weighted by atomic mass is 9.87. The van der Waals surface area contributed by atoms with Gasteiger partial charge in [-0.05, 0) is 24.0 Å². The molecule has 0 radical (unpaired) electrons. The van der Waals surface area contributed by atoms with Crippen LogP contribution in [0.25, 0.3) is 0 Å². The van der Waals surface area contributed by atoms with Crippen molar-refractivity contribution >= 4 is 11.8 Å². The van der Waals surface area contributed by atoms with E-state index < -0.39 is 5.60 Å². The van der Waals surface area contributed by atoms with Gasteiger partial charge in [-0.25, -0.2) is 0 Å². The standard InChI is InChI=1S/C15H20O2S/c1-11-8-15(16,10-18-11)9-14-13-5-3-2-4-12(13)6-7-17-14/h2-5,11,14,16H,6-10H2,1H3. The van der Waals surface area contributed by atoms with E-state index in [1.54, 1.807) is 0 Å². The SMILES string of the molecule is CC1CC(O)(CC2OCCc3ccccc32)CS1. The number of ether oxygens (including phenoxy) is 1. The zero-order valence-corrected chi connectivity index (χ0v) is 11.6. The van der Waals surface area contributed by atoms with E-state index in [0.29, 0.717) is 5.25 Å². The van der Waals surface area contributed by atoms with Gasteiger partial charge in [-0.2, -0.15) is 11.8 Å². The van der Waals surface area contributed by atoms with Crippen molar-refractivity contribution in [2.24, 2.45) is 0 Å². The summed E-state index contributed by atoms with van der Waals surface area (Å²) in [6, 6.07) is 8.48. The Bertz CT molecular complexity index is 434. The molecule has 3 heteroatoms. The molecule has 18 heavy (non-hydrogen) atoms. The number of fused-ring (bicyclic) bond motifs is 1. The zero-order valence-electron chi connectivity index (χ0n) is 10.8. The Kier molecular flexibility index (Phi) is 3.39. The van der Waals surface area contributed by atoms with Gasteiger partial charge in [0, 0.05) is 17.4 Å². The fourth-order valence-corrected chi connectivity index (χ4v) is 4.34. The molecule has 0 saturated carbocycles. The minimum Gasteiger partial charge on any atom is -0.389 e. The summed E-state index contributed by atoms with van der Waals surface area (Å²) in [5.74, 6) is 0.843. The fourth-order valence-electron chi connectivity index (χ4n) is 3.08. The predicted molar refractivity (Wildman–Crippen MR) is 74.9 cm³/mol. The molecule has 3 atom stereocenters. The monoisotopic (exact) mass is 264 g/mol. The van der Waals surface area contributed by atoms with Crippen LogP contribution < -0.4 is 0 Å². The van der Waals surface area contributed by atoms with E-state index in [9.17, 15) is 5.11 Å². The van der Waals surface area contributed by atoms with Gasteiger partial charge < -0.3 is 9.84 Å². The summed E-state index contributed by atoms with van der Waals surface area (Å²) in [6.45, 7) is 2.97. The van der Waals surface area contributed by atoms with Gasteiger partial charge in [-0.1, -0.05) is 31.2 Å². The predicted octanol–water partition coefficient (Wildman–Crippen LogP) is 2.95. The molecule has 2 heterocycles. The molecule has 3 rings (SSSR count). The molecule has 1 fully saturated rings. The van der Waals surface area contributed by atoms with Crippen molar-refractivity contribution in [1.29, 1.82) is 0 Å². The quantitative estimate of drug-likeness (QED) is 0.890. The molecule has 0 aliphatic carbocycles. The van der Waals surface area contributed by atoms with Crippen LogP contribution in [0, 0.1) is 0 Å². The van der Waals surface area contributed by atoms with Crippen LogP contribution in [0.2, 0.25) is 0 Å². The summed E-state index contributed by atoms with van der Waals surface area (Å²) in [5, 5.41) is 11.2. The minimum absolute atomic E-state index is 0.0749. The molecule has 0 bridgehead atoms. The highest BCUT2D eigenvalue weighted by atomic mass is 32.2. The average molecular weight is 264 g/mol. The molecule has 1 saturated heterocycles. The number of thioether (sulfide) groups is 1. The zero-order chi connectivity index (χ0) is 12.6. The van der Waals surface area contributed by atoms with Gasteiger partial charge in [0.15, 0.2) is 0 Å². The average Bonchev–Trinajstić information content (AvgIpc) is 2.70. The molecular weight excluding hydrogens is 244 g/mol. The lowest BCUT2D eigenvalue weighted by Crippen LogP contribution is -2.33. The maximum atomic E-state index is 10.6. The van der Waals surface area contributed by atoms with Gasteiger partial charge in [0.05, 0.1) is 18.3 Å². The van der Waals surface area contributed by atoms with Crippen LogP contribution in [0.5, 0.6) is 0 Å². The fraction of sp³-hybridized carbons (Fsp3) is 0.600. The van der Waals surface area contributed by atoms with E-state index in [4.69, 9.17) is 4.74 Å². The Hall–Kier alpha value is -0.510. The summed E-state index contributed by atoms with van der Waals surface area (Å²) in [6.07, 6.45) is 2.70.